The third-order valence-electron chi connectivity index (χ3n) is 1.88. The van der Waals surface area contributed by atoms with E-state index in [4.69, 9.17) is 0 Å². The van der Waals surface area contributed by atoms with Gasteiger partial charge in [-0.3, -0.25) is 0 Å². The highest BCUT2D eigenvalue weighted by atomic mass is 79.9. The lowest BCUT2D eigenvalue weighted by molar-refractivity contribution is -0.138. The van der Waals surface area contributed by atoms with Crippen LogP contribution in [0.15, 0.2) is 22.7 Å². The van der Waals surface area contributed by atoms with Crippen molar-refractivity contribution in [3.63, 3.8) is 0 Å². The molecule has 0 aliphatic rings. The van der Waals surface area contributed by atoms with E-state index in [2.05, 4.69) is 15.9 Å². The third-order valence-corrected chi connectivity index (χ3v) is 2.53. The van der Waals surface area contributed by atoms with E-state index in [0.29, 0.717) is 0 Å². The maximum Gasteiger partial charge on any atom is 0.417 e. The topological polar surface area (TPSA) is 0 Å². The molecule has 0 atom stereocenters. The van der Waals surface area contributed by atoms with Crippen LogP contribution < -0.4 is 0 Å². The van der Waals surface area contributed by atoms with Crippen LogP contribution in [0, 0.1) is 0 Å². The van der Waals surface area contributed by atoms with Crippen molar-refractivity contribution in [3.8, 4) is 0 Å². The number of hydrogen-bond acceptors (Lipinski definition) is 0. The minimum atomic E-state index is -4.27. The molecule has 78 valence electrons. The molecule has 0 heterocycles. The van der Waals surface area contributed by atoms with Crippen LogP contribution in [0.4, 0.5) is 13.2 Å². The molecule has 0 amide bonds. The van der Waals surface area contributed by atoms with Gasteiger partial charge in [0.1, 0.15) is 0 Å². The SMILES string of the molecule is CCCc1ccc(C(F)(F)F)c(Br)c1. The lowest BCUT2D eigenvalue weighted by Crippen LogP contribution is -2.06. The number of alkyl halides is 3. The zero-order valence-corrected chi connectivity index (χ0v) is 9.24. The summed E-state index contributed by atoms with van der Waals surface area (Å²) in [5, 5.41) is 0. The average molecular weight is 267 g/mol. The highest BCUT2D eigenvalue weighted by Gasteiger charge is 2.32. The fourth-order valence-corrected chi connectivity index (χ4v) is 1.88. The molecule has 0 aromatic heterocycles. The van der Waals surface area contributed by atoms with Gasteiger partial charge in [-0.25, -0.2) is 0 Å². The first-order chi connectivity index (χ1) is 6.45. The highest BCUT2D eigenvalue weighted by Crippen LogP contribution is 2.35. The molecule has 0 radical (unpaired) electrons. The van der Waals surface area contributed by atoms with E-state index in [1.54, 1.807) is 0 Å². The molecule has 0 N–H and O–H groups in total. The standard InChI is InChI=1S/C10H10BrF3/c1-2-3-7-4-5-8(9(11)6-7)10(12,13)14/h4-6H,2-3H2,1H3. The Labute approximate surface area is 89.3 Å². The third kappa shape index (κ3) is 2.74. The quantitative estimate of drug-likeness (QED) is 0.744. The maximum absolute atomic E-state index is 12.3. The zero-order chi connectivity index (χ0) is 10.8. The van der Waals surface area contributed by atoms with E-state index in [1.165, 1.54) is 12.1 Å². The van der Waals surface area contributed by atoms with Gasteiger partial charge < -0.3 is 0 Å². The van der Waals surface area contributed by atoms with Crippen LogP contribution >= 0.6 is 15.9 Å². The molecule has 1 rings (SSSR count). The second-order valence-electron chi connectivity index (χ2n) is 3.06. The van der Waals surface area contributed by atoms with Crippen molar-refractivity contribution < 1.29 is 13.2 Å². The average Bonchev–Trinajstić information content (AvgIpc) is 2.02. The second-order valence-corrected chi connectivity index (χ2v) is 3.92. The van der Waals surface area contributed by atoms with Crippen LogP contribution in [0.2, 0.25) is 0 Å². The summed E-state index contributed by atoms with van der Waals surface area (Å²) in [7, 11) is 0. The number of rotatable bonds is 2. The van der Waals surface area contributed by atoms with Gasteiger partial charge in [-0.2, -0.15) is 13.2 Å². The summed E-state index contributed by atoms with van der Waals surface area (Å²) < 4.78 is 37.1. The van der Waals surface area contributed by atoms with Gasteiger partial charge >= 0.3 is 6.18 Å². The zero-order valence-electron chi connectivity index (χ0n) is 7.66. The van der Waals surface area contributed by atoms with Gasteiger partial charge in [-0.05, 0) is 24.1 Å². The predicted molar refractivity (Wildman–Crippen MR) is 53.1 cm³/mol. The van der Waals surface area contributed by atoms with E-state index in [9.17, 15) is 13.2 Å². The fraction of sp³-hybridized carbons (Fsp3) is 0.400. The van der Waals surface area contributed by atoms with Gasteiger partial charge in [0.2, 0.25) is 0 Å². The Morgan fingerprint density at radius 3 is 2.36 bits per heavy atom. The molecule has 0 aliphatic heterocycles. The number of hydrogen-bond donors (Lipinski definition) is 0. The van der Waals surface area contributed by atoms with E-state index in [-0.39, 0.29) is 4.47 Å². The minimum Gasteiger partial charge on any atom is -0.166 e. The summed E-state index contributed by atoms with van der Waals surface area (Å²) in [6, 6.07) is 4.18. The largest absolute Gasteiger partial charge is 0.417 e. The van der Waals surface area contributed by atoms with Crippen molar-refractivity contribution in [2.75, 3.05) is 0 Å². The van der Waals surface area contributed by atoms with Crippen molar-refractivity contribution in [1.82, 2.24) is 0 Å². The Bertz CT molecular complexity index is 318. The van der Waals surface area contributed by atoms with Crippen molar-refractivity contribution in [2.45, 2.75) is 25.9 Å². The normalized spacial score (nSPS) is 11.8. The molecule has 1 aromatic rings. The Hall–Kier alpha value is -0.510. The summed E-state index contributed by atoms with van der Waals surface area (Å²) in [5.74, 6) is 0. The van der Waals surface area contributed by atoms with Crippen molar-refractivity contribution >= 4 is 15.9 Å². The molecular formula is C10H10BrF3. The van der Waals surface area contributed by atoms with Crippen molar-refractivity contribution in [2.24, 2.45) is 0 Å². The monoisotopic (exact) mass is 266 g/mol. The summed E-state index contributed by atoms with van der Waals surface area (Å²) in [5.41, 5.74) is 0.310. The van der Waals surface area contributed by atoms with E-state index in [1.807, 2.05) is 6.92 Å². The van der Waals surface area contributed by atoms with Gasteiger partial charge in [-0.15, -0.1) is 0 Å². The van der Waals surface area contributed by atoms with Crippen LogP contribution in [0.1, 0.15) is 24.5 Å². The van der Waals surface area contributed by atoms with Gasteiger partial charge in [-0.1, -0.05) is 35.3 Å². The van der Waals surface area contributed by atoms with Crippen LogP contribution in [-0.2, 0) is 12.6 Å². The molecule has 0 spiro atoms. The summed E-state index contributed by atoms with van der Waals surface area (Å²) in [6.07, 6.45) is -2.54. The van der Waals surface area contributed by atoms with Crippen LogP contribution in [0.25, 0.3) is 0 Å². The molecule has 0 nitrogen and oxygen atoms in total. The smallest absolute Gasteiger partial charge is 0.166 e. The number of benzene rings is 1. The Morgan fingerprint density at radius 2 is 1.93 bits per heavy atom. The molecule has 0 fully saturated rings. The first kappa shape index (κ1) is 11.6. The molecule has 14 heavy (non-hydrogen) atoms. The summed E-state index contributed by atoms with van der Waals surface area (Å²) in [6.45, 7) is 1.99. The van der Waals surface area contributed by atoms with E-state index in [0.717, 1.165) is 24.5 Å². The lowest BCUT2D eigenvalue weighted by atomic mass is 10.1. The molecule has 4 heteroatoms. The Kier molecular flexibility index (Phi) is 3.59. The first-order valence-electron chi connectivity index (χ1n) is 4.30. The van der Waals surface area contributed by atoms with Gasteiger partial charge in [0.25, 0.3) is 0 Å². The Morgan fingerprint density at radius 1 is 1.29 bits per heavy atom. The van der Waals surface area contributed by atoms with Gasteiger partial charge in [0, 0.05) is 4.47 Å². The molecule has 0 bridgehead atoms. The first-order valence-corrected chi connectivity index (χ1v) is 5.10. The second kappa shape index (κ2) is 4.34. The highest BCUT2D eigenvalue weighted by molar-refractivity contribution is 9.10. The molecule has 0 saturated carbocycles. The lowest BCUT2D eigenvalue weighted by Gasteiger charge is -2.10. The van der Waals surface area contributed by atoms with Crippen molar-refractivity contribution in [1.29, 1.82) is 0 Å². The summed E-state index contributed by atoms with van der Waals surface area (Å²) in [4.78, 5) is 0. The number of halogens is 4. The van der Waals surface area contributed by atoms with Gasteiger partial charge in [0.15, 0.2) is 0 Å². The molecule has 0 aliphatic carbocycles. The minimum absolute atomic E-state index is 0.121. The summed E-state index contributed by atoms with van der Waals surface area (Å²) >= 11 is 2.93. The fourth-order valence-electron chi connectivity index (χ4n) is 1.23. The van der Waals surface area contributed by atoms with E-state index < -0.39 is 11.7 Å². The van der Waals surface area contributed by atoms with Crippen LogP contribution in [0.5, 0.6) is 0 Å². The van der Waals surface area contributed by atoms with Crippen molar-refractivity contribution in [3.05, 3.63) is 33.8 Å². The Balaban J connectivity index is 3.02. The van der Waals surface area contributed by atoms with E-state index >= 15 is 0 Å². The van der Waals surface area contributed by atoms with Gasteiger partial charge in [0.05, 0.1) is 5.56 Å². The molecular weight excluding hydrogens is 257 g/mol. The molecule has 0 saturated heterocycles. The van der Waals surface area contributed by atoms with Crippen LogP contribution in [-0.4, -0.2) is 0 Å². The molecule has 0 unspecified atom stereocenters. The maximum atomic E-state index is 12.3. The van der Waals surface area contributed by atoms with Crippen LogP contribution in [0.3, 0.4) is 0 Å². The molecule has 1 aromatic carbocycles. The number of aryl methyl sites for hydroxylation is 1. The predicted octanol–water partition coefficient (Wildman–Crippen LogP) is 4.42.